The molecule has 132 valence electrons. The minimum absolute atomic E-state index is 0.205. The lowest BCUT2D eigenvalue weighted by Gasteiger charge is -2.12. The molecule has 2 aromatic rings. The predicted octanol–water partition coefficient (Wildman–Crippen LogP) is 6.21. The summed E-state index contributed by atoms with van der Waals surface area (Å²) in [4.78, 5) is 0. The van der Waals surface area contributed by atoms with Gasteiger partial charge in [0, 0.05) is 11.6 Å². The van der Waals surface area contributed by atoms with Crippen molar-refractivity contribution in [2.24, 2.45) is 0 Å². The molecule has 0 heterocycles. The molecule has 0 aliphatic heterocycles. The molecule has 0 saturated heterocycles. The first kappa shape index (κ1) is 19.9. The van der Waals surface area contributed by atoms with Crippen LogP contribution in [0.25, 0.3) is 11.1 Å². The van der Waals surface area contributed by atoms with Crippen molar-refractivity contribution < 1.29 is 31.1 Å². The summed E-state index contributed by atoms with van der Waals surface area (Å²) in [6.45, 7) is 5.98. The topological polar surface area (TPSA) is 9.23 Å². The van der Waals surface area contributed by atoms with E-state index in [0.717, 1.165) is 6.07 Å². The number of benzene rings is 2. The van der Waals surface area contributed by atoms with E-state index in [4.69, 9.17) is 4.74 Å². The van der Waals surface area contributed by atoms with Crippen molar-refractivity contribution >= 4 is 0 Å². The van der Waals surface area contributed by atoms with Crippen molar-refractivity contribution in [3.8, 4) is 16.9 Å². The fraction of sp³-hybridized carbons (Fsp3) is 0.294. The fourth-order valence-electron chi connectivity index (χ4n) is 1.99. The van der Waals surface area contributed by atoms with Crippen molar-refractivity contribution in [3.63, 3.8) is 0 Å². The standard InChI is InChI=1S/C15H10F6O.C2H6/c1-2-22-9-3-4-10(11(16)7-9)8-5-12(17)14(13(18)6-8)15(19,20)21;1-2/h3-7H,2H2,1H3;1-2H3. The van der Waals surface area contributed by atoms with Gasteiger partial charge in [-0.1, -0.05) is 13.8 Å². The van der Waals surface area contributed by atoms with Crippen LogP contribution in [0.4, 0.5) is 26.3 Å². The fourth-order valence-corrected chi connectivity index (χ4v) is 1.99. The van der Waals surface area contributed by atoms with Crippen LogP contribution in [0.3, 0.4) is 0 Å². The van der Waals surface area contributed by atoms with Crippen molar-refractivity contribution in [3.05, 3.63) is 53.3 Å². The van der Waals surface area contributed by atoms with Crippen molar-refractivity contribution in [1.29, 1.82) is 0 Å². The Morgan fingerprint density at radius 3 is 1.83 bits per heavy atom. The normalized spacial score (nSPS) is 10.9. The quantitative estimate of drug-likeness (QED) is 0.598. The van der Waals surface area contributed by atoms with E-state index in [9.17, 15) is 26.3 Å². The van der Waals surface area contributed by atoms with Gasteiger partial charge in [0.05, 0.1) is 6.61 Å². The molecule has 0 bridgehead atoms. The van der Waals surface area contributed by atoms with Crippen LogP contribution in [0.5, 0.6) is 5.75 Å². The minimum atomic E-state index is -5.16. The van der Waals surface area contributed by atoms with Crippen molar-refractivity contribution in [2.75, 3.05) is 6.61 Å². The Labute approximate surface area is 135 Å². The maximum Gasteiger partial charge on any atom is 0.422 e. The van der Waals surface area contributed by atoms with E-state index in [-0.39, 0.29) is 16.9 Å². The largest absolute Gasteiger partial charge is 0.494 e. The summed E-state index contributed by atoms with van der Waals surface area (Å²) in [5, 5.41) is 0. The van der Waals surface area contributed by atoms with Crippen LogP contribution in [-0.4, -0.2) is 6.61 Å². The van der Waals surface area contributed by atoms with Crippen molar-refractivity contribution in [2.45, 2.75) is 26.9 Å². The molecule has 0 radical (unpaired) electrons. The molecule has 0 amide bonds. The molecule has 0 aromatic heterocycles. The number of hydrogen-bond donors (Lipinski definition) is 0. The molecule has 0 N–H and O–H groups in total. The van der Waals surface area contributed by atoms with Gasteiger partial charge in [-0.15, -0.1) is 0 Å². The molecule has 0 unspecified atom stereocenters. The molecule has 2 rings (SSSR count). The van der Waals surface area contributed by atoms with Crippen LogP contribution >= 0.6 is 0 Å². The van der Waals surface area contributed by atoms with E-state index in [1.807, 2.05) is 13.8 Å². The van der Waals surface area contributed by atoms with Gasteiger partial charge in [0.1, 0.15) is 28.8 Å². The predicted molar refractivity (Wildman–Crippen MR) is 79.3 cm³/mol. The second-order valence-corrected chi connectivity index (χ2v) is 4.39. The molecule has 0 saturated carbocycles. The lowest BCUT2D eigenvalue weighted by atomic mass is 10.0. The summed E-state index contributed by atoms with van der Waals surface area (Å²) in [6, 6.07) is 4.43. The van der Waals surface area contributed by atoms with Crippen LogP contribution in [0.2, 0.25) is 0 Å². The Balaban J connectivity index is 0.00000139. The van der Waals surface area contributed by atoms with E-state index in [1.54, 1.807) is 6.92 Å². The molecule has 0 aliphatic carbocycles. The van der Waals surface area contributed by atoms with Gasteiger partial charge in [0.15, 0.2) is 0 Å². The van der Waals surface area contributed by atoms with Crippen LogP contribution in [-0.2, 0) is 6.18 Å². The average molecular weight is 350 g/mol. The number of alkyl halides is 3. The zero-order valence-electron chi connectivity index (χ0n) is 13.3. The first-order chi connectivity index (χ1) is 11.2. The Morgan fingerprint density at radius 2 is 1.42 bits per heavy atom. The Bertz CT molecular complexity index is 671. The number of rotatable bonds is 3. The SMILES string of the molecule is CC.CCOc1ccc(-c2cc(F)c(C(F)(F)F)c(F)c2)c(F)c1. The maximum absolute atomic E-state index is 13.9. The van der Waals surface area contributed by atoms with Gasteiger partial charge in [0.25, 0.3) is 0 Å². The molecule has 24 heavy (non-hydrogen) atoms. The Kier molecular flexibility index (Phi) is 6.69. The smallest absolute Gasteiger partial charge is 0.422 e. The molecule has 0 atom stereocenters. The highest BCUT2D eigenvalue weighted by Gasteiger charge is 2.38. The van der Waals surface area contributed by atoms with Gasteiger partial charge in [-0.05, 0) is 36.8 Å². The van der Waals surface area contributed by atoms with Crippen LogP contribution in [0.15, 0.2) is 30.3 Å². The number of ether oxygens (including phenoxy) is 1. The first-order valence-electron chi connectivity index (χ1n) is 7.23. The summed E-state index contributed by atoms with van der Waals surface area (Å²) in [6.07, 6.45) is -5.16. The molecule has 0 fully saturated rings. The molecule has 0 spiro atoms. The highest BCUT2D eigenvalue weighted by molar-refractivity contribution is 5.65. The third kappa shape index (κ3) is 4.43. The van der Waals surface area contributed by atoms with Gasteiger partial charge >= 0.3 is 6.18 Å². The van der Waals surface area contributed by atoms with Gasteiger partial charge in [-0.2, -0.15) is 13.2 Å². The molecular formula is C17H16F6O. The van der Waals surface area contributed by atoms with E-state index in [1.165, 1.54) is 12.1 Å². The summed E-state index contributed by atoms with van der Waals surface area (Å²) >= 11 is 0. The third-order valence-electron chi connectivity index (χ3n) is 2.89. The van der Waals surface area contributed by atoms with E-state index < -0.39 is 29.2 Å². The highest BCUT2D eigenvalue weighted by atomic mass is 19.4. The van der Waals surface area contributed by atoms with Gasteiger partial charge in [-0.3, -0.25) is 0 Å². The van der Waals surface area contributed by atoms with Crippen molar-refractivity contribution in [1.82, 2.24) is 0 Å². The molecule has 1 nitrogen and oxygen atoms in total. The second-order valence-electron chi connectivity index (χ2n) is 4.39. The van der Waals surface area contributed by atoms with E-state index >= 15 is 0 Å². The van der Waals surface area contributed by atoms with Gasteiger partial charge in [0.2, 0.25) is 0 Å². The van der Waals surface area contributed by atoms with Crippen LogP contribution < -0.4 is 4.74 Å². The van der Waals surface area contributed by atoms with E-state index in [2.05, 4.69) is 0 Å². The maximum atomic E-state index is 13.9. The van der Waals surface area contributed by atoms with Gasteiger partial charge in [-0.25, -0.2) is 13.2 Å². The summed E-state index contributed by atoms with van der Waals surface area (Å²) < 4.78 is 83.5. The monoisotopic (exact) mass is 350 g/mol. The lowest BCUT2D eigenvalue weighted by molar-refractivity contribution is -0.142. The molecule has 2 aromatic carbocycles. The lowest BCUT2D eigenvalue weighted by Crippen LogP contribution is -2.11. The number of hydrogen-bond acceptors (Lipinski definition) is 1. The molecule has 7 heteroatoms. The summed E-state index contributed by atoms with van der Waals surface area (Å²) in [7, 11) is 0. The van der Waals surface area contributed by atoms with Crippen LogP contribution in [0.1, 0.15) is 26.3 Å². The van der Waals surface area contributed by atoms with Gasteiger partial charge < -0.3 is 4.74 Å². The number of halogens is 6. The van der Waals surface area contributed by atoms with E-state index in [0.29, 0.717) is 18.7 Å². The average Bonchev–Trinajstić information content (AvgIpc) is 2.47. The second kappa shape index (κ2) is 8.08. The third-order valence-corrected chi connectivity index (χ3v) is 2.89. The first-order valence-corrected chi connectivity index (χ1v) is 7.23. The summed E-state index contributed by atoms with van der Waals surface area (Å²) in [5.41, 5.74) is -2.55. The van der Waals surface area contributed by atoms with Crippen LogP contribution in [0, 0.1) is 17.5 Å². The molecular weight excluding hydrogens is 334 g/mol. The molecule has 0 aliphatic rings. The summed E-state index contributed by atoms with van der Waals surface area (Å²) in [5.74, 6) is -4.24. The minimum Gasteiger partial charge on any atom is -0.494 e. The highest BCUT2D eigenvalue weighted by Crippen LogP contribution is 2.36. The zero-order valence-corrected chi connectivity index (χ0v) is 13.3. The Morgan fingerprint density at radius 1 is 0.875 bits per heavy atom. The zero-order chi connectivity index (χ0) is 18.5. The Hall–Kier alpha value is -2.18.